The van der Waals surface area contributed by atoms with Crippen LogP contribution in [0.25, 0.3) is 21.3 Å². The lowest BCUT2D eigenvalue weighted by Gasteiger charge is -2.08. The highest BCUT2D eigenvalue weighted by Gasteiger charge is 2.12. The predicted molar refractivity (Wildman–Crippen MR) is 106 cm³/mol. The van der Waals surface area contributed by atoms with Crippen LogP contribution in [0.15, 0.2) is 54.2 Å². The van der Waals surface area contributed by atoms with E-state index in [1.807, 2.05) is 17.5 Å². The molecule has 0 aliphatic rings. The zero-order valence-electron chi connectivity index (χ0n) is 14.4. The Balaban J connectivity index is 1.52. The number of anilines is 2. The van der Waals surface area contributed by atoms with Crippen LogP contribution in [0.5, 0.6) is 0 Å². The van der Waals surface area contributed by atoms with Crippen molar-refractivity contribution in [2.75, 3.05) is 11.1 Å². The minimum absolute atomic E-state index is 0.00865. The predicted octanol–water partition coefficient (Wildman–Crippen LogP) is 4.40. The summed E-state index contributed by atoms with van der Waals surface area (Å²) in [5.74, 6) is -1.22. The number of thiophene rings is 1. The molecule has 28 heavy (non-hydrogen) atoms. The fourth-order valence-electron chi connectivity index (χ4n) is 2.90. The molecule has 5 nitrogen and oxygen atoms in total. The molecule has 0 aliphatic heterocycles. The zero-order chi connectivity index (χ0) is 19.7. The molecule has 0 radical (unpaired) electrons. The van der Waals surface area contributed by atoms with Crippen LogP contribution in [0.4, 0.5) is 20.3 Å². The maximum atomic E-state index is 13.7. The number of nitrogens with zero attached hydrogens (tertiary/aromatic N) is 2. The molecule has 0 aliphatic carbocycles. The van der Waals surface area contributed by atoms with E-state index in [2.05, 4.69) is 15.3 Å². The topological polar surface area (TPSA) is 80.9 Å². The Morgan fingerprint density at radius 2 is 1.89 bits per heavy atom. The lowest BCUT2D eigenvalue weighted by molar-refractivity contribution is -0.115. The Hall–Kier alpha value is -3.39. The van der Waals surface area contributed by atoms with Crippen molar-refractivity contribution in [3.8, 4) is 11.1 Å². The van der Waals surface area contributed by atoms with Gasteiger partial charge in [-0.05, 0) is 35.9 Å². The van der Waals surface area contributed by atoms with E-state index in [1.165, 1.54) is 17.7 Å². The fraction of sp³-hybridized carbons (Fsp3) is 0.0500. The third-order valence-corrected chi connectivity index (χ3v) is 5.12. The number of nitrogen functional groups attached to an aromatic ring is 1. The van der Waals surface area contributed by atoms with E-state index in [0.29, 0.717) is 11.5 Å². The smallest absolute Gasteiger partial charge is 0.228 e. The van der Waals surface area contributed by atoms with Crippen molar-refractivity contribution in [1.29, 1.82) is 0 Å². The lowest BCUT2D eigenvalue weighted by atomic mass is 10.1. The van der Waals surface area contributed by atoms with Crippen LogP contribution in [0.2, 0.25) is 0 Å². The van der Waals surface area contributed by atoms with E-state index in [1.54, 1.807) is 12.1 Å². The van der Waals surface area contributed by atoms with Gasteiger partial charge in [-0.25, -0.2) is 18.7 Å². The molecule has 1 amide bonds. The van der Waals surface area contributed by atoms with E-state index in [4.69, 9.17) is 5.73 Å². The number of nitrogens with two attached hydrogens (primary N) is 1. The van der Waals surface area contributed by atoms with E-state index in [9.17, 15) is 13.6 Å². The first-order valence-electron chi connectivity index (χ1n) is 8.33. The van der Waals surface area contributed by atoms with Crippen molar-refractivity contribution in [3.63, 3.8) is 0 Å². The summed E-state index contributed by atoms with van der Waals surface area (Å²) in [6.07, 6.45) is 1.17. The second-order valence-corrected chi connectivity index (χ2v) is 6.98. The number of rotatable bonds is 4. The first-order valence-corrected chi connectivity index (χ1v) is 9.21. The van der Waals surface area contributed by atoms with Gasteiger partial charge >= 0.3 is 0 Å². The summed E-state index contributed by atoms with van der Waals surface area (Å²) in [5, 5.41) is 5.43. The van der Waals surface area contributed by atoms with Gasteiger partial charge in [0.25, 0.3) is 0 Å². The maximum absolute atomic E-state index is 13.7. The fourth-order valence-corrected chi connectivity index (χ4v) is 3.82. The molecule has 4 aromatic rings. The summed E-state index contributed by atoms with van der Waals surface area (Å²) in [6.45, 7) is 0. The maximum Gasteiger partial charge on any atom is 0.228 e. The standard InChI is InChI=1S/C20H14F2N4OS/c21-13-3-6-16(22)12(7-13)8-17(27)26-14-4-1-11(2-5-14)15-9-28-20-18(15)19(23)24-10-25-20/h1-7,9-10H,8H2,(H,26,27)(H2,23,24,25). The van der Waals surface area contributed by atoms with Crippen molar-refractivity contribution in [2.24, 2.45) is 0 Å². The Bertz CT molecular complexity index is 1170. The molecule has 0 fully saturated rings. The Morgan fingerprint density at radius 1 is 1.11 bits per heavy atom. The quantitative estimate of drug-likeness (QED) is 0.536. The van der Waals surface area contributed by atoms with Crippen LogP contribution in [0, 0.1) is 11.6 Å². The number of fused-ring (bicyclic) bond motifs is 1. The second-order valence-electron chi connectivity index (χ2n) is 6.13. The van der Waals surface area contributed by atoms with Crippen LogP contribution in [0.1, 0.15) is 5.56 Å². The van der Waals surface area contributed by atoms with Gasteiger partial charge in [0.1, 0.15) is 28.6 Å². The molecule has 0 saturated carbocycles. The first-order chi connectivity index (χ1) is 13.5. The highest BCUT2D eigenvalue weighted by Crippen LogP contribution is 2.35. The summed E-state index contributed by atoms with van der Waals surface area (Å²) in [4.78, 5) is 21.2. The van der Waals surface area contributed by atoms with Crippen molar-refractivity contribution in [3.05, 3.63) is 71.4 Å². The summed E-state index contributed by atoms with van der Waals surface area (Å²) in [7, 11) is 0. The molecule has 0 spiro atoms. The molecule has 2 heterocycles. The molecule has 3 N–H and O–H groups in total. The molecule has 0 bridgehead atoms. The van der Waals surface area contributed by atoms with Gasteiger partial charge in [-0.3, -0.25) is 4.79 Å². The number of halogens is 2. The molecular formula is C20H14F2N4OS. The molecule has 4 rings (SSSR count). The van der Waals surface area contributed by atoms with Gasteiger partial charge in [0.2, 0.25) is 5.91 Å². The number of aromatic nitrogens is 2. The normalized spacial score (nSPS) is 10.9. The molecule has 0 unspecified atom stereocenters. The number of nitrogens with one attached hydrogen (secondary N) is 1. The van der Waals surface area contributed by atoms with Crippen molar-refractivity contribution >= 4 is 39.0 Å². The van der Waals surface area contributed by atoms with Gasteiger partial charge in [-0.1, -0.05) is 12.1 Å². The SMILES string of the molecule is Nc1ncnc2scc(-c3ccc(NC(=O)Cc4cc(F)ccc4F)cc3)c12. The first kappa shape index (κ1) is 18.0. The third-order valence-electron chi connectivity index (χ3n) is 4.24. The Kier molecular flexibility index (Phi) is 4.70. The highest BCUT2D eigenvalue weighted by atomic mass is 32.1. The van der Waals surface area contributed by atoms with E-state index < -0.39 is 17.5 Å². The van der Waals surface area contributed by atoms with E-state index >= 15 is 0 Å². The van der Waals surface area contributed by atoms with Gasteiger partial charge in [0.15, 0.2) is 0 Å². The van der Waals surface area contributed by atoms with Gasteiger partial charge in [-0.15, -0.1) is 11.3 Å². The minimum atomic E-state index is -0.615. The summed E-state index contributed by atoms with van der Waals surface area (Å²) in [6, 6.07) is 10.2. The largest absolute Gasteiger partial charge is 0.383 e. The number of amides is 1. The number of carbonyl (C=O) groups excluding carboxylic acids is 1. The molecule has 140 valence electrons. The van der Waals surface area contributed by atoms with Crippen LogP contribution < -0.4 is 11.1 Å². The monoisotopic (exact) mass is 396 g/mol. The summed E-state index contributed by atoms with van der Waals surface area (Å²) < 4.78 is 26.9. The number of carbonyl (C=O) groups is 1. The third kappa shape index (κ3) is 3.54. The second kappa shape index (κ2) is 7.32. The average molecular weight is 396 g/mol. The number of hydrogen-bond donors (Lipinski definition) is 2. The van der Waals surface area contributed by atoms with Crippen LogP contribution in [0.3, 0.4) is 0 Å². The van der Waals surface area contributed by atoms with Crippen LogP contribution in [-0.4, -0.2) is 15.9 Å². The van der Waals surface area contributed by atoms with Crippen molar-refractivity contribution < 1.29 is 13.6 Å². The van der Waals surface area contributed by atoms with Crippen LogP contribution in [-0.2, 0) is 11.2 Å². The van der Waals surface area contributed by atoms with Crippen LogP contribution >= 0.6 is 11.3 Å². The number of benzene rings is 2. The van der Waals surface area contributed by atoms with Gasteiger partial charge in [-0.2, -0.15) is 0 Å². The van der Waals surface area contributed by atoms with E-state index in [0.717, 1.165) is 39.5 Å². The minimum Gasteiger partial charge on any atom is -0.383 e. The molecule has 0 saturated heterocycles. The Labute approximate surface area is 162 Å². The zero-order valence-corrected chi connectivity index (χ0v) is 15.3. The summed E-state index contributed by atoms with van der Waals surface area (Å²) >= 11 is 1.47. The van der Waals surface area contributed by atoms with E-state index in [-0.39, 0.29) is 12.0 Å². The van der Waals surface area contributed by atoms with Crippen molar-refractivity contribution in [2.45, 2.75) is 6.42 Å². The molecule has 2 aromatic carbocycles. The van der Waals surface area contributed by atoms with Gasteiger partial charge in [0, 0.05) is 22.2 Å². The summed E-state index contributed by atoms with van der Waals surface area (Å²) in [5.41, 5.74) is 8.35. The molecule has 8 heteroatoms. The van der Waals surface area contributed by atoms with Crippen molar-refractivity contribution in [1.82, 2.24) is 9.97 Å². The molecule has 2 aromatic heterocycles. The van der Waals surface area contributed by atoms with Gasteiger partial charge < -0.3 is 11.1 Å². The lowest BCUT2D eigenvalue weighted by Crippen LogP contribution is -2.15. The Morgan fingerprint density at radius 3 is 2.68 bits per heavy atom. The molecular weight excluding hydrogens is 382 g/mol. The van der Waals surface area contributed by atoms with Gasteiger partial charge in [0.05, 0.1) is 11.8 Å². The number of hydrogen-bond acceptors (Lipinski definition) is 5. The average Bonchev–Trinajstić information content (AvgIpc) is 3.11. The molecule has 0 atom stereocenters. The highest BCUT2D eigenvalue weighted by molar-refractivity contribution is 7.17.